The first-order valence-electron chi connectivity index (χ1n) is 6.10. The molecule has 2 aromatic rings. The molecule has 0 saturated carbocycles. The highest BCUT2D eigenvalue weighted by Crippen LogP contribution is 2.17. The second-order valence-electron chi connectivity index (χ2n) is 4.22. The van der Waals surface area contributed by atoms with Crippen LogP contribution in [-0.2, 0) is 20.1 Å². The molecule has 9 nitrogen and oxygen atoms in total. The summed E-state index contributed by atoms with van der Waals surface area (Å²) in [4.78, 5) is 22.4. The summed E-state index contributed by atoms with van der Waals surface area (Å²) in [6.07, 6.45) is 2.68. The Morgan fingerprint density at radius 2 is 2.29 bits per heavy atom. The van der Waals surface area contributed by atoms with Crippen LogP contribution in [-0.4, -0.2) is 30.4 Å². The molecule has 112 valence electrons. The summed E-state index contributed by atoms with van der Waals surface area (Å²) in [5.74, 6) is -0.633. The van der Waals surface area contributed by atoms with Crippen molar-refractivity contribution in [1.82, 2.24) is 24.9 Å². The van der Waals surface area contributed by atoms with E-state index in [1.807, 2.05) is 0 Å². The number of carbonyl (C=O) groups excluding carboxylic acids is 1. The second-order valence-corrected chi connectivity index (χ2v) is 4.63. The Hall–Kier alpha value is -2.42. The number of hydrogen-bond acceptors (Lipinski definition) is 5. The van der Waals surface area contributed by atoms with Gasteiger partial charge in [0, 0.05) is 13.6 Å². The molecule has 0 fully saturated rings. The third kappa shape index (κ3) is 3.02. The van der Waals surface area contributed by atoms with E-state index in [0.717, 1.165) is 0 Å². The molecular formula is C11H13ClN6O3. The lowest BCUT2D eigenvalue weighted by molar-refractivity contribution is -0.385. The maximum atomic E-state index is 12.1. The van der Waals surface area contributed by atoms with Crippen LogP contribution < -0.4 is 5.32 Å². The van der Waals surface area contributed by atoms with Crippen molar-refractivity contribution in [3.8, 4) is 0 Å². The van der Waals surface area contributed by atoms with Gasteiger partial charge in [-0.15, -0.1) is 0 Å². The van der Waals surface area contributed by atoms with Crippen LogP contribution in [0, 0.1) is 10.1 Å². The molecule has 0 aliphatic rings. The maximum absolute atomic E-state index is 12.1. The monoisotopic (exact) mass is 312 g/mol. The second kappa shape index (κ2) is 5.92. The van der Waals surface area contributed by atoms with E-state index in [1.54, 1.807) is 14.0 Å². The van der Waals surface area contributed by atoms with Crippen LogP contribution in [0.5, 0.6) is 0 Å². The largest absolute Gasteiger partial charge is 0.345 e. The van der Waals surface area contributed by atoms with Crippen molar-refractivity contribution in [1.29, 1.82) is 0 Å². The first-order valence-corrected chi connectivity index (χ1v) is 6.48. The van der Waals surface area contributed by atoms with Gasteiger partial charge in [0.1, 0.15) is 6.20 Å². The fourth-order valence-electron chi connectivity index (χ4n) is 1.75. The third-order valence-electron chi connectivity index (χ3n) is 2.91. The minimum Gasteiger partial charge on any atom is -0.345 e. The molecule has 2 rings (SSSR count). The van der Waals surface area contributed by atoms with E-state index < -0.39 is 10.8 Å². The number of nitrogens with one attached hydrogen (secondary N) is 1. The Morgan fingerprint density at radius 1 is 1.57 bits per heavy atom. The molecule has 0 radical (unpaired) electrons. The molecule has 0 aromatic carbocycles. The van der Waals surface area contributed by atoms with Crippen LogP contribution in [0.4, 0.5) is 5.69 Å². The van der Waals surface area contributed by atoms with Gasteiger partial charge < -0.3 is 5.32 Å². The fraction of sp³-hybridized carbons (Fsp3) is 0.364. The Balaban J connectivity index is 2.17. The van der Waals surface area contributed by atoms with Crippen molar-refractivity contribution in [3.63, 3.8) is 0 Å². The van der Waals surface area contributed by atoms with Gasteiger partial charge in [0.05, 0.1) is 28.4 Å². The van der Waals surface area contributed by atoms with Crippen LogP contribution >= 0.6 is 11.6 Å². The fourth-order valence-corrected chi connectivity index (χ4v) is 1.98. The first-order chi connectivity index (χ1) is 9.93. The zero-order valence-corrected chi connectivity index (χ0v) is 12.2. The van der Waals surface area contributed by atoms with E-state index in [2.05, 4.69) is 15.5 Å². The standard InChI is InChI=1S/C11H13ClN6O3/c1-3-17-6-9(18(20)21)10(15-17)11(19)13-5-8-7(12)4-14-16(8)2/h4,6H,3,5H2,1-2H3,(H,13,19). The Labute approximate surface area is 124 Å². The average molecular weight is 313 g/mol. The summed E-state index contributed by atoms with van der Waals surface area (Å²) in [7, 11) is 1.68. The van der Waals surface area contributed by atoms with Gasteiger partial charge in [0.2, 0.25) is 5.69 Å². The molecule has 21 heavy (non-hydrogen) atoms. The van der Waals surface area contributed by atoms with E-state index in [-0.39, 0.29) is 17.9 Å². The summed E-state index contributed by atoms with van der Waals surface area (Å²) >= 11 is 5.92. The van der Waals surface area contributed by atoms with E-state index in [9.17, 15) is 14.9 Å². The highest BCUT2D eigenvalue weighted by atomic mass is 35.5. The third-order valence-corrected chi connectivity index (χ3v) is 3.22. The zero-order valence-electron chi connectivity index (χ0n) is 11.4. The molecule has 0 spiro atoms. The van der Waals surface area contributed by atoms with Crippen LogP contribution in [0.25, 0.3) is 0 Å². The minimum absolute atomic E-state index is 0.101. The van der Waals surface area contributed by atoms with Gasteiger partial charge in [-0.05, 0) is 6.92 Å². The lowest BCUT2D eigenvalue weighted by atomic mass is 10.3. The normalized spacial score (nSPS) is 10.6. The molecule has 10 heteroatoms. The quantitative estimate of drug-likeness (QED) is 0.657. The van der Waals surface area contributed by atoms with Gasteiger partial charge in [-0.3, -0.25) is 24.3 Å². The minimum atomic E-state index is -0.634. The molecule has 0 unspecified atom stereocenters. The van der Waals surface area contributed by atoms with Crippen LogP contribution in [0.15, 0.2) is 12.4 Å². The number of rotatable bonds is 5. The topological polar surface area (TPSA) is 108 Å². The molecule has 1 N–H and O–H groups in total. The van der Waals surface area contributed by atoms with Gasteiger partial charge >= 0.3 is 5.69 Å². The number of amides is 1. The summed E-state index contributed by atoms with van der Waals surface area (Å²) < 4.78 is 2.85. The summed E-state index contributed by atoms with van der Waals surface area (Å²) in [6.45, 7) is 2.31. The SMILES string of the molecule is CCn1cc([N+](=O)[O-])c(C(=O)NCc2c(Cl)cnn2C)n1. The molecule has 0 saturated heterocycles. The van der Waals surface area contributed by atoms with E-state index >= 15 is 0 Å². The average Bonchev–Trinajstić information content (AvgIpc) is 3.01. The summed E-state index contributed by atoms with van der Waals surface area (Å²) in [5.41, 5.74) is 0.0492. The summed E-state index contributed by atoms with van der Waals surface area (Å²) in [5, 5.41) is 21.7. The van der Waals surface area contributed by atoms with Gasteiger partial charge in [-0.1, -0.05) is 11.6 Å². The molecule has 0 aliphatic carbocycles. The number of aryl methyl sites for hydroxylation is 2. The predicted molar refractivity (Wildman–Crippen MR) is 73.9 cm³/mol. The maximum Gasteiger partial charge on any atom is 0.320 e. The number of nitrogens with zero attached hydrogens (tertiary/aromatic N) is 5. The highest BCUT2D eigenvalue weighted by molar-refractivity contribution is 6.31. The molecule has 0 aliphatic heterocycles. The van der Waals surface area contributed by atoms with Crippen molar-refractivity contribution < 1.29 is 9.72 Å². The lowest BCUT2D eigenvalue weighted by Gasteiger charge is -2.04. The number of carbonyl (C=O) groups is 1. The van der Waals surface area contributed by atoms with Gasteiger partial charge in [0.25, 0.3) is 5.91 Å². The van der Waals surface area contributed by atoms with Crippen LogP contribution in [0.3, 0.4) is 0 Å². The summed E-state index contributed by atoms with van der Waals surface area (Å²) in [6, 6.07) is 0. The Morgan fingerprint density at radius 3 is 2.81 bits per heavy atom. The van der Waals surface area contributed by atoms with E-state index in [0.29, 0.717) is 17.3 Å². The number of halogens is 1. The van der Waals surface area contributed by atoms with E-state index in [4.69, 9.17) is 11.6 Å². The van der Waals surface area contributed by atoms with E-state index in [1.165, 1.54) is 21.8 Å². The lowest BCUT2D eigenvalue weighted by Crippen LogP contribution is -2.25. The van der Waals surface area contributed by atoms with Gasteiger partial charge in [0.15, 0.2) is 0 Å². The zero-order chi connectivity index (χ0) is 15.6. The number of aromatic nitrogens is 4. The smallest absolute Gasteiger partial charge is 0.320 e. The van der Waals surface area contributed by atoms with Crippen LogP contribution in [0.2, 0.25) is 5.02 Å². The predicted octanol–water partition coefficient (Wildman–Crippen LogP) is 1.13. The molecular weight excluding hydrogens is 300 g/mol. The van der Waals surface area contributed by atoms with Crippen molar-refractivity contribution in [2.45, 2.75) is 20.0 Å². The molecule has 2 aromatic heterocycles. The van der Waals surface area contributed by atoms with Crippen molar-refractivity contribution in [2.75, 3.05) is 0 Å². The Bertz CT molecular complexity index is 673. The number of hydrogen-bond donors (Lipinski definition) is 1. The first kappa shape index (κ1) is 15.0. The molecule has 1 amide bonds. The van der Waals surface area contributed by atoms with Crippen molar-refractivity contribution >= 4 is 23.2 Å². The highest BCUT2D eigenvalue weighted by Gasteiger charge is 2.25. The molecule has 2 heterocycles. The van der Waals surface area contributed by atoms with Crippen LogP contribution in [0.1, 0.15) is 23.1 Å². The Kier molecular flexibility index (Phi) is 4.22. The van der Waals surface area contributed by atoms with Crippen molar-refractivity contribution in [3.05, 3.63) is 38.9 Å². The molecule has 0 atom stereocenters. The molecule has 0 bridgehead atoms. The van der Waals surface area contributed by atoms with Gasteiger partial charge in [-0.2, -0.15) is 10.2 Å². The van der Waals surface area contributed by atoms with Gasteiger partial charge in [-0.25, -0.2) is 0 Å². The van der Waals surface area contributed by atoms with Crippen molar-refractivity contribution in [2.24, 2.45) is 7.05 Å². The number of nitro groups is 1.